The van der Waals surface area contributed by atoms with Gasteiger partial charge >= 0.3 is 0 Å². The number of rotatable bonds is 6. The van der Waals surface area contributed by atoms with Crippen LogP contribution in [-0.2, 0) is 4.79 Å². The molecule has 2 aromatic carbocycles. The highest BCUT2D eigenvalue weighted by Gasteiger charge is 2.16. The minimum absolute atomic E-state index is 0.0332. The molecule has 2 aromatic heterocycles. The molecule has 0 unspecified atom stereocenters. The zero-order chi connectivity index (χ0) is 20.4. The number of hydrogen-bond donors (Lipinski definition) is 2. The molecule has 11 heteroatoms. The molecule has 2 heterocycles. The molecule has 4 rings (SSSR count). The first-order chi connectivity index (χ1) is 14.0. The van der Waals surface area contributed by atoms with Crippen molar-refractivity contribution < 1.29 is 14.1 Å². The first-order valence-corrected chi connectivity index (χ1v) is 9.64. The van der Waals surface area contributed by atoms with Crippen molar-refractivity contribution in [2.75, 3.05) is 11.1 Å². The molecule has 9 nitrogen and oxygen atoms in total. The lowest BCUT2D eigenvalue weighted by molar-refractivity contribution is -0.384. The average molecular weight is 430 g/mol. The molecule has 146 valence electrons. The third-order valence-corrected chi connectivity index (χ3v) is 5.14. The zero-order valence-corrected chi connectivity index (χ0v) is 16.2. The van der Waals surface area contributed by atoms with Gasteiger partial charge in [0.2, 0.25) is 5.91 Å². The summed E-state index contributed by atoms with van der Waals surface area (Å²) in [5, 5.41) is 22.8. The number of non-ortho nitro benzene ring substituents is 1. The Bertz CT molecular complexity index is 1220. The standard InChI is InChI=1S/C18H12ClN5O4S/c19-13-6-5-10(24(26)27)7-15(13)21-16(25)9-29-18-23-22-17(28-18)12-8-20-14-4-2-1-3-11(12)14/h1-8,20H,9H2,(H,21,25). The highest BCUT2D eigenvalue weighted by atomic mass is 35.5. The predicted molar refractivity (Wildman–Crippen MR) is 109 cm³/mol. The quantitative estimate of drug-likeness (QED) is 0.262. The van der Waals surface area contributed by atoms with Gasteiger partial charge in [-0.15, -0.1) is 10.2 Å². The molecule has 0 spiro atoms. The summed E-state index contributed by atoms with van der Waals surface area (Å²) in [4.78, 5) is 25.6. The number of anilines is 1. The Morgan fingerprint density at radius 3 is 2.93 bits per heavy atom. The van der Waals surface area contributed by atoms with Gasteiger partial charge in [-0.2, -0.15) is 0 Å². The molecule has 1 amide bonds. The number of aromatic amines is 1. The van der Waals surface area contributed by atoms with Crippen LogP contribution in [0.25, 0.3) is 22.4 Å². The number of carbonyl (C=O) groups excluding carboxylic acids is 1. The second kappa shape index (κ2) is 7.94. The van der Waals surface area contributed by atoms with Gasteiger partial charge in [0.1, 0.15) is 0 Å². The van der Waals surface area contributed by atoms with E-state index in [9.17, 15) is 14.9 Å². The molecule has 0 atom stereocenters. The highest BCUT2D eigenvalue weighted by Crippen LogP contribution is 2.30. The van der Waals surface area contributed by atoms with Crippen molar-refractivity contribution in [3.8, 4) is 11.5 Å². The van der Waals surface area contributed by atoms with E-state index in [1.54, 1.807) is 6.20 Å². The highest BCUT2D eigenvalue weighted by molar-refractivity contribution is 7.99. The van der Waals surface area contributed by atoms with Gasteiger partial charge in [0.25, 0.3) is 16.8 Å². The fraction of sp³-hybridized carbons (Fsp3) is 0.0556. The predicted octanol–water partition coefficient (Wildman–Crippen LogP) is 4.51. The number of hydrogen-bond acceptors (Lipinski definition) is 7. The third-order valence-electron chi connectivity index (χ3n) is 3.99. The van der Waals surface area contributed by atoms with Gasteiger partial charge in [0, 0.05) is 29.2 Å². The van der Waals surface area contributed by atoms with Crippen LogP contribution in [0.5, 0.6) is 0 Å². The van der Waals surface area contributed by atoms with Crippen molar-refractivity contribution >= 4 is 51.5 Å². The van der Waals surface area contributed by atoms with E-state index < -0.39 is 10.8 Å². The number of nitrogens with one attached hydrogen (secondary N) is 2. The van der Waals surface area contributed by atoms with E-state index in [-0.39, 0.29) is 27.4 Å². The Hall–Kier alpha value is -3.37. The minimum atomic E-state index is -0.564. The number of fused-ring (bicyclic) bond motifs is 1. The van der Waals surface area contributed by atoms with Gasteiger partial charge in [-0.3, -0.25) is 14.9 Å². The number of aromatic nitrogens is 3. The number of para-hydroxylation sites is 1. The Morgan fingerprint density at radius 2 is 2.10 bits per heavy atom. The van der Waals surface area contributed by atoms with Crippen LogP contribution in [-0.4, -0.2) is 31.8 Å². The summed E-state index contributed by atoms with van der Waals surface area (Å²) >= 11 is 7.03. The van der Waals surface area contributed by atoms with Crippen LogP contribution in [0.3, 0.4) is 0 Å². The zero-order valence-electron chi connectivity index (χ0n) is 14.6. The number of nitrogens with zero attached hydrogens (tertiary/aromatic N) is 3. The molecule has 4 aromatic rings. The maximum atomic E-state index is 12.2. The van der Waals surface area contributed by atoms with E-state index in [1.165, 1.54) is 18.2 Å². The second-order valence-corrected chi connectivity index (χ2v) is 7.21. The van der Waals surface area contributed by atoms with Gasteiger partial charge in [0.05, 0.1) is 26.9 Å². The van der Waals surface area contributed by atoms with Crippen molar-refractivity contribution in [3.63, 3.8) is 0 Å². The SMILES string of the molecule is O=C(CSc1nnc(-c2c[nH]c3ccccc23)o1)Nc1cc([N+](=O)[O-])ccc1Cl. The molecule has 0 saturated heterocycles. The first-order valence-electron chi connectivity index (χ1n) is 8.28. The minimum Gasteiger partial charge on any atom is -0.411 e. The Morgan fingerprint density at radius 1 is 1.28 bits per heavy atom. The van der Waals surface area contributed by atoms with E-state index in [2.05, 4.69) is 20.5 Å². The van der Waals surface area contributed by atoms with Gasteiger partial charge in [-0.05, 0) is 12.1 Å². The van der Waals surface area contributed by atoms with Crippen molar-refractivity contribution in [3.05, 3.63) is 63.8 Å². The lowest BCUT2D eigenvalue weighted by atomic mass is 10.2. The Labute approximate surface area is 172 Å². The molecule has 0 radical (unpaired) electrons. The van der Waals surface area contributed by atoms with Crippen LogP contribution in [0.1, 0.15) is 0 Å². The summed E-state index contributed by atoms with van der Waals surface area (Å²) in [6.45, 7) is 0. The van der Waals surface area contributed by atoms with Crippen LogP contribution in [0, 0.1) is 10.1 Å². The van der Waals surface area contributed by atoms with Crippen LogP contribution in [0.2, 0.25) is 5.02 Å². The first kappa shape index (κ1) is 19.0. The fourth-order valence-corrected chi connectivity index (χ4v) is 3.39. The molecular formula is C18H12ClN5O4S. The Kier molecular flexibility index (Phi) is 5.19. The van der Waals surface area contributed by atoms with Crippen LogP contribution in [0.15, 0.2) is 58.3 Å². The molecule has 0 bridgehead atoms. The van der Waals surface area contributed by atoms with Gasteiger partial charge in [0.15, 0.2) is 0 Å². The number of nitro benzene ring substituents is 1. The van der Waals surface area contributed by atoms with Gasteiger partial charge < -0.3 is 14.7 Å². The summed E-state index contributed by atoms with van der Waals surface area (Å²) in [5.41, 5.74) is 1.71. The number of thioether (sulfide) groups is 1. The number of carbonyl (C=O) groups is 1. The maximum absolute atomic E-state index is 12.2. The molecule has 0 fully saturated rings. The van der Waals surface area contributed by atoms with E-state index >= 15 is 0 Å². The monoisotopic (exact) mass is 429 g/mol. The lowest BCUT2D eigenvalue weighted by Gasteiger charge is -2.06. The third kappa shape index (κ3) is 4.08. The molecule has 0 aliphatic heterocycles. The van der Waals surface area contributed by atoms with Crippen molar-refractivity contribution in [1.29, 1.82) is 0 Å². The molecule has 0 aliphatic rings. The Balaban J connectivity index is 1.42. The molecular weight excluding hydrogens is 418 g/mol. The number of benzene rings is 2. The summed E-state index contributed by atoms with van der Waals surface area (Å²) in [7, 11) is 0. The normalized spacial score (nSPS) is 10.9. The number of amides is 1. The van der Waals surface area contributed by atoms with E-state index in [4.69, 9.17) is 16.0 Å². The topological polar surface area (TPSA) is 127 Å². The van der Waals surface area contributed by atoms with Crippen molar-refractivity contribution in [2.24, 2.45) is 0 Å². The summed E-state index contributed by atoms with van der Waals surface area (Å²) in [5.74, 6) is -0.106. The fourth-order valence-electron chi connectivity index (χ4n) is 2.66. The smallest absolute Gasteiger partial charge is 0.277 e. The number of H-pyrrole nitrogens is 1. The van der Waals surface area contributed by atoms with E-state index in [1.807, 2.05) is 24.3 Å². The van der Waals surface area contributed by atoms with Crippen molar-refractivity contribution in [1.82, 2.24) is 15.2 Å². The number of halogens is 1. The van der Waals surface area contributed by atoms with Gasteiger partial charge in [-0.25, -0.2) is 0 Å². The average Bonchev–Trinajstić information content (AvgIpc) is 3.34. The summed E-state index contributed by atoms with van der Waals surface area (Å²) < 4.78 is 5.64. The molecule has 0 saturated carbocycles. The summed E-state index contributed by atoms with van der Waals surface area (Å²) in [6.07, 6.45) is 1.78. The largest absolute Gasteiger partial charge is 0.411 e. The lowest BCUT2D eigenvalue weighted by Crippen LogP contribution is -2.14. The number of nitro groups is 1. The van der Waals surface area contributed by atoms with E-state index in [0.717, 1.165) is 28.2 Å². The molecule has 29 heavy (non-hydrogen) atoms. The second-order valence-electron chi connectivity index (χ2n) is 5.88. The van der Waals surface area contributed by atoms with Crippen LogP contribution < -0.4 is 5.32 Å². The maximum Gasteiger partial charge on any atom is 0.277 e. The van der Waals surface area contributed by atoms with Crippen LogP contribution >= 0.6 is 23.4 Å². The van der Waals surface area contributed by atoms with Crippen LogP contribution in [0.4, 0.5) is 11.4 Å². The van der Waals surface area contributed by atoms with Gasteiger partial charge in [-0.1, -0.05) is 41.6 Å². The molecule has 2 N–H and O–H groups in total. The van der Waals surface area contributed by atoms with E-state index in [0.29, 0.717) is 5.89 Å². The van der Waals surface area contributed by atoms with Crippen molar-refractivity contribution in [2.45, 2.75) is 5.22 Å². The summed E-state index contributed by atoms with van der Waals surface area (Å²) in [6, 6.07) is 11.5. The molecule has 0 aliphatic carbocycles.